The van der Waals surface area contributed by atoms with E-state index in [0.29, 0.717) is 18.7 Å². The van der Waals surface area contributed by atoms with Crippen molar-refractivity contribution in [2.45, 2.75) is 31.5 Å². The SMILES string of the molecule is COC1CC(NCc2cccc(O)c2O)C1. The van der Waals surface area contributed by atoms with Gasteiger partial charge in [0, 0.05) is 25.3 Å². The number of ether oxygens (including phenoxy) is 1. The maximum atomic E-state index is 9.58. The molecule has 0 spiro atoms. The van der Waals surface area contributed by atoms with Gasteiger partial charge in [-0.1, -0.05) is 12.1 Å². The molecule has 1 saturated carbocycles. The number of rotatable bonds is 4. The Bertz CT molecular complexity index is 361. The highest BCUT2D eigenvalue weighted by molar-refractivity contribution is 5.44. The Balaban J connectivity index is 1.84. The summed E-state index contributed by atoms with van der Waals surface area (Å²) in [4.78, 5) is 0. The lowest BCUT2D eigenvalue weighted by Crippen LogP contribution is -2.44. The van der Waals surface area contributed by atoms with Crippen LogP contribution in [-0.4, -0.2) is 29.5 Å². The van der Waals surface area contributed by atoms with E-state index in [9.17, 15) is 10.2 Å². The predicted octanol–water partition coefficient (Wildman–Crippen LogP) is 1.36. The van der Waals surface area contributed by atoms with Gasteiger partial charge in [-0.3, -0.25) is 0 Å². The number of para-hydroxylation sites is 1. The number of aromatic hydroxyl groups is 2. The van der Waals surface area contributed by atoms with Gasteiger partial charge in [0.15, 0.2) is 11.5 Å². The second-order valence-electron chi connectivity index (χ2n) is 4.19. The highest BCUT2D eigenvalue weighted by atomic mass is 16.5. The molecule has 0 aliphatic heterocycles. The van der Waals surface area contributed by atoms with Crippen molar-refractivity contribution in [2.24, 2.45) is 0 Å². The van der Waals surface area contributed by atoms with Gasteiger partial charge in [-0.25, -0.2) is 0 Å². The lowest BCUT2D eigenvalue weighted by atomic mass is 9.89. The molecule has 1 aliphatic carbocycles. The summed E-state index contributed by atoms with van der Waals surface area (Å²) >= 11 is 0. The van der Waals surface area contributed by atoms with Crippen LogP contribution in [0.25, 0.3) is 0 Å². The fourth-order valence-corrected chi connectivity index (χ4v) is 1.90. The predicted molar refractivity (Wildman–Crippen MR) is 60.4 cm³/mol. The van der Waals surface area contributed by atoms with Crippen LogP contribution < -0.4 is 5.32 Å². The number of phenols is 2. The average molecular weight is 223 g/mol. The van der Waals surface area contributed by atoms with Gasteiger partial charge in [0.1, 0.15) is 0 Å². The molecule has 0 amide bonds. The molecule has 3 N–H and O–H groups in total. The first-order valence-corrected chi connectivity index (χ1v) is 5.46. The molecule has 0 unspecified atom stereocenters. The van der Waals surface area contributed by atoms with E-state index in [4.69, 9.17) is 4.74 Å². The Morgan fingerprint density at radius 1 is 1.38 bits per heavy atom. The van der Waals surface area contributed by atoms with E-state index in [1.807, 2.05) is 0 Å². The molecule has 16 heavy (non-hydrogen) atoms. The van der Waals surface area contributed by atoms with E-state index < -0.39 is 0 Å². The lowest BCUT2D eigenvalue weighted by Gasteiger charge is -2.34. The van der Waals surface area contributed by atoms with Crippen LogP contribution in [0, 0.1) is 0 Å². The zero-order valence-corrected chi connectivity index (χ0v) is 9.31. The fourth-order valence-electron chi connectivity index (χ4n) is 1.90. The Hall–Kier alpha value is -1.26. The molecule has 0 aromatic heterocycles. The molecule has 0 bridgehead atoms. The van der Waals surface area contributed by atoms with Crippen LogP contribution in [0.1, 0.15) is 18.4 Å². The summed E-state index contributed by atoms with van der Waals surface area (Å²) in [6.07, 6.45) is 2.39. The van der Waals surface area contributed by atoms with Crippen molar-refractivity contribution >= 4 is 0 Å². The van der Waals surface area contributed by atoms with Gasteiger partial charge in [0.05, 0.1) is 6.10 Å². The van der Waals surface area contributed by atoms with Crippen LogP contribution in [-0.2, 0) is 11.3 Å². The largest absolute Gasteiger partial charge is 0.504 e. The molecular formula is C12H17NO3. The maximum Gasteiger partial charge on any atom is 0.161 e. The summed E-state index contributed by atoms with van der Waals surface area (Å²) in [5.74, 6) is -0.0970. The molecule has 88 valence electrons. The molecule has 4 nitrogen and oxygen atoms in total. The first kappa shape index (κ1) is 11.2. The van der Waals surface area contributed by atoms with E-state index in [2.05, 4.69) is 5.32 Å². The Kier molecular flexibility index (Phi) is 3.31. The third-order valence-corrected chi connectivity index (χ3v) is 3.11. The van der Waals surface area contributed by atoms with Crippen LogP contribution >= 0.6 is 0 Å². The van der Waals surface area contributed by atoms with E-state index in [0.717, 1.165) is 18.4 Å². The third kappa shape index (κ3) is 2.28. The van der Waals surface area contributed by atoms with Crippen molar-refractivity contribution in [1.29, 1.82) is 0 Å². The lowest BCUT2D eigenvalue weighted by molar-refractivity contribution is 0.0169. The topological polar surface area (TPSA) is 61.7 Å². The maximum absolute atomic E-state index is 9.58. The highest BCUT2D eigenvalue weighted by Crippen LogP contribution is 2.29. The number of methoxy groups -OCH3 is 1. The molecule has 1 aromatic rings. The van der Waals surface area contributed by atoms with Gasteiger partial charge in [-0.15, -0.1) is 0 Å². The number of hydrogen-bond donors (Lipinski definition) is 3. The zero-order chi connectivity index (χ0) is 11.5. The number of benzene rings is 1. The van der Waals surface area contributed by atoms with Crippen molar-refractivity contribution in [2.75, 3.05) is 7.11 Å². The van der Waals surface area contributed by atoms with Gasteiger partial charge in [0.25, 0.3) is 0 Å². The minimum Gasteiger partial charge on any atom is -0.504 e. The monoisotopic (exact) mass is 223 g/mol. The minimum atomic E-state index is -0.0670. The molecule has 0 heterocycles. The molecule has 1 fully saturated rings. The number of nitrogens with one attached hydrogen (secondary N) is 1. The summed E-state index contributed by atoms with van der Waals surface area (Å²) in [6, 6.07) is 5.45. The normalized spacial score (nSPS) is 24.1. The van der Waals surface area contributed by atoms with Crippen LogP contribution in [0.3, 0.4) is 0 Å². The van der Waals surface area contributed by atoms with Crippen LogP contribution in [0.2, 0.25) is 0 Å². The van der Waals surface area contributed by atoms with E-state index in [1.165, 1.54) is 6.07 Å². The first-order valence-electron chi connectivity index (χ1n) is 5.46. The molecule has 1 aromatic carbocycles. The van der Waals surface area contributed by atoms with Crippen molar-refractivity contribution in [3.05, 3.63) is 23.8 Å². The Labute approximate surface area is 94.9 Å². The summed E-state index contributed by atoms with van der Waals surface area (Å²) in [5.41, 5.74) is 0.723. The van der Waals surface area contributed by atoms with Gasteiger partial charge in [0.2, 0.25) is 0 Å². The summed E-state index contributed by atoms with van der Waals surface area (Å²) < 4.78 is 5.18. The Morgan fingerprint density at radius 2 is 2.12 bits per heavy atom. The standard InChI is InChI=1S/C12H17NO3/c1-16-10-5-9(6-10)13-7-8-3-2-4-11(14)12(8)15/h2-4,9-10,13-15H,5-7H2,1H3. The quantitative estimate of drug-likeness (QED) is 0.675. The van der Waals surface area contributed by atoms with Crippen LogP contribution in [0.5, 0.6) is 11.5 Å². The van der Waals surface area contributed by atoms with E-state index in [-0.39, 0.29) is 11.5 Å². The van der Waals surface area contributed by atoms with Gasteiger partial charge < -0.3 is 20.3 Å². The minimum absolute atomic E-state index is 0.0300. The number of phenolic OH excluding ortho intramolecular Hbond substituents is 2. The first-order chi connectivity index (χ1) is 7.70. The molecule has 4 heteroatoms. The molecule has 0 atom stereocenters. The second kappa shape index (κ2) is 4.72. The summed E-state index contributed by atoms with van der Waals surface area (Å²) in [7, 11) is 1.72. The zero-order valence-electron chi connectivity index (χ0n) is 9.31. The number of hydrogen-bond acceptors (Lipinski definition) is 4. The summed E-state index contributed by atoms with van der Waals surface area (Å²) in [5, 5.41) is 22.2. The van der Waals surface area contributed by atoms with E-state index >= 15 is 0 Å². The molecule has 0 radical (unpaired) electrons. The van der Waals surface area contributed by atoms with Gasteiger partial charge in [-0.05, 0) is 18.9 Å². The summed E-state index contributed by atoms with van der Waals surface area (Å²) in [6.45, 7) is 0.571. The Morgan fingerprint density at radius 3 is 2.81 bits per heavy atom. The highest BCUT2D eigenvalue weighted by Gasteiger charge is 2.28. The van der Waals surface area contributed by atoms with Gasteiger partial charge in [-0.2, -0.15) is 0 Å². The van der Waals surface area contributed by atoms with Crippen molar-refractivity contribution in [3.63, 3.8) is 0 Å². The average Bonchev–Trinajstić information content (AvgIpc) is 2.22. The van der Waals surface area contributed by atoms with Crippen LogP contribution in [0.15, 0.2) is 18.2 Å². The van der Waals surface area contributed by atoms with Gasteiger partial charge >= 0.3 is 0 Å². The van der Waals surface area contributed by atoms with Crippen molar-refractivity contribution < 1.29 is 14.9 Å². The fraction of sp³-hybridized carbons (Fsp3) is 0.500. The molecule has 1 aliphatic rings. The van der Waals surface area contributed by atoms with Crippen molar-refractivity contribution in [1.82, 2.24) is 5.32 Å². The van der Waals surface area contributed by atoms with E-state index in [1.54, 1.807) is 19.2 Å². The van der Waals surface area contributed by atoms with Crippen LogP contribution in [0.4, 0.5) is 0 Å². The molecular weight excluding hydrogens is 206 g/mol. The van der Waals surface area contributed by atoms with Crippen molar-refractivity contribution in [3.8, 4) is 11.5 Å². The smallest absolute Gasteiger partial charge is 0.161 e. The second-order valence-corrected chi connectivity index (χ2v) is 4.19. The molecule has 2 rings (SSSR count). The molecule has 0 saturated heterocycles. The third-order valence-electron chi connectivity index (χ3n) is 3.11.